The van der Waals surface area contributed by atoms with Crippen molar-refractivity contribution in [1.29, 1.82) is 0 Å². The standard InChI is InChI=1S/C18H27N5O/c1-14-4-3-5-16(19-14)12-23-8-7-22(13-18(23)6-9-24)11-17-10-15(2)20-21-17/h3-5,10,18,24H,6-9,11-13H2,1-2H3,(H,20,21). The van der Waals surface area contributed by atoms with Crippen LogP contribution >= 0.6 is 0 Å². The molecule has 0 bridgehead atoms. The van der Waals surface area contributed by atoms with E-state index in [0.717, 1.165) is 61.9 Å². The number of pyridine rings is 1. The van der Waals surface area contributed by atoms with E-state index in [1.54, 1.807) is 0 Å². The van der Waals surface area contributed by atoms with Gasteiger partial charge in [-0.15, -0.1) is 0 Å². The quantitative estimate of drug-likeness (QED) is 0.840. The summed E-state index contributed by atoms with van der Waals surface area (Å²) < 4.78 is 0. The number of aliphatic hydroxyl groups is 1. The largest absolute Gasteiger partial charge is 0.396 e. The van der Waals surface area contributed by atoms with Crippen molar-refractivity contribution in [2.75, 3.05) is 26.2 Å². The van der Waals surface area contributed by atoms with Crippen molar-refractivity contribution in [2.24, 2.45) is 0 Å². The summed E-state index contributed by atoms with van der Waals surface area (Å²) in [6, 6.07) is 8.63. The van der Waals surface area contributed by atoms with Gasteiger partial charge in [0.25, 0.3) is 0 Å². The van der Waals surface area contributed by atoms with Crippen LogP contribution in [0, 0.1) is 13.8 Å². The first-order valence-corrected chi connectivity index (χ1v) is 8.64. The Labute approximate surface area is 143 Å². The summed E-state index contributed by atoms with van der Waals surface area (Å²) in [5.41, 5.74) is 4.35. The van der Waals surface area contributed by atoms with E-state index in [1.165, 1.54) is 0 Å². The fourth-order valence-corrected chi connectivity index (χ4v) is 3.41. The number of rotatable bonds is 6. The summed E-state index contributed by atoms with van der Waals surface area (Å²) in [6.45, 7) is 8.94. The molecule has 130 valence electrons. The predicted molar refractivity (Wildman–Crippen MR) is 93.5 cm³/mol. The second-order valence-corrected chi connectivity index (χ2v) is 6.68. The molecule has 1 fully saturated rings. The van der Waals surface area contributed by atoms with E-state index in [9.17, 15) is 5.11 Å². The lowest BCUT2D eigenvalue weighted by atomic mass is 10.1. The summed E-state index contributed by atoms with van der Waals surface area (Å²) in [4.78, 5) is 9.49. The van der Waals surface area contributed by atoms with E-state index < -0.39 is 0 Å². The molecule has 1 aliphatic heterocycles. The summed E-state index contributed by atoms with van der Waals surface area (Å²) in [6.07, 6.45) is 0.794. The number of piperazine rings is 1. The average molecular weight is 329 g/mol. The first kappa shape index (κ1) is 17.1. The molecule has 6 nitrogen and oxygen atoms in total. The molecule has 0 spiro atoms. The van der Waals surface area contributed by atoms with Gasteiger partial charge in [-0.1, -0.05) is 6.07 Å². The van der Waals surface area contributed by atoms with Crippen molar-refractivity contribution in [1.82, 2.24) is 25.0 Å². The molecule has 2 aromatic rings. The highest BCUT2D eigenvalue weighted by molar-refractivity contribution is 5.10. The van der Waals surface area contributed by atoms with Gasteiger partial charge in [-0.05, 0) is 38.5 Å². The number of hydrogen-bond acceptors (Lipinski definition) is 5. The molecule has 1 saturated heterocycles. The van der Waals surface area contributed by atoms with Crippen molar-refractivity contribution < 1.29 is 5.11 Å². The Morgan fingerprint density at radius 1 is 1.21 bits per heavy atom. The highest BCUT2D eigenvalue weighted by atomic mass is 16.3. The highest BCUT2D eigenvalue weighted by Gasteiger charge is 2.27. The third kappa shape index (κ3) is 4.41. The Morgan fingerprint density at radius 2 is 2.08 bits per heavy atom. The molecular formula is C18H27N5O. The lowest BCUT2D eigenvalue weighted by Crippen LogP contribution is -2.52. The van der Waals surface area contributed by atoms with Crippen LogP contribution in [0.5, 0.6) is 0 Å². The molecule has 2 N–H and O–H groups in total. The molecule has 3 heterocycles. The van der Waals surface area contributed by atoms with Crippen molar-refractivity contribution in [3.8, 4) is 0 Å². The maximum atomic E-state index is 9.45. The lowest BCUT2D eigenvalue weighted by molar-refractivity contribution is 0.0485. The second-order valence-electron chi connectivity index (χ2n) is 6.68. The van der Waals surface area contributed by atoms with Gasteiger partial charge in [0.1, 0.15) is 0 Å². The second kappa shape index (κ2) is 7.88. The van der Waals surface area contributed by atoms with Gasteiger partial charge in [-0.25, -0.2) is 0 Å². The SMILES string of the molecule is Cc1cccc(CN2CCN(Cc3cc(C)[nH]n3)CC2CCO)n1. The Hall–Kier alpha value is -1.76. The van der Waals surface area contributed by atoms with Crippen molar-refractivity contribution in [3.63, 3.8) is 0 Å². The van der Waals surface area contributed by atoms with Crippen LogP contribution in [0.1, 0.15) is 29.2 Å². The molecule has 0 aliphatic carbocycles. The minimum atomic E-state index is 0.220. The number of aromatic amines is 1. The predicted octanol–water partition coefficient (Wildman–Crippen LogP) is 1.49. The van der Waals surface area contributed by atoms with Crippen LogP contribution < -0.4 is 0 Å². The maximum Gasteiger partial charge on any atom is 0.0765 e. The number of H-pyrrole nitrogens is 1. The summed E-state index contributed by atoms with van der Waals surface area (Å²) >= 11 is 0. The zero-order valence-electron chi connectivity index (χ0n) is 14.6. The normalized spacial score (nSPS) is 19.7. The molecule has 1 unspecified atom stereocenters. The Bertz CT molecular complexity index is 656. The van der Waals surface area contributed by atoms with Gasteiger partial charge in [0.2, 0.25) is 0 Å². The third-order valence-electron chi connectivity index (χ3n) is 4.61. The molecule has 0 aromatic carbocycles. The lowest BCUT2D eigenvalue weighted by Gasteiger charge is -2.41. The first-order valence-electron chi connectivity index (χ1n) is 8.64. The Balaban J connectivity index is 1.62. The number of aromatic nitrogens is 3. The summed E-state index contributed by atoms with van der Waals surface area (Å²) in [5, 5.41) is 16.8. The summed E-state index contributed by atoms with van der Waals surface area (Å²) in [5.74, 6) is 0. The summed E-state index contributed by atoms with van der Waals surface area (Å²) in [7, 11) is 0. The van der Waals surface area contributed by atoms with E-state index >= 15 is 0 Å². The number of hydrogen-bond donors (Lipinski definition) is 2. The molecule has 1 atom stereocenters. The van der Waals surface area contributed by atoms with Crippen LogP contribution in [0.3, 0.4) is 0 Å². The van der Waals surface area contributed by atoms with Gasteiger partial charge in [0, 0.05) is 56.8 Å². The van der Waals surface area contributed by atoms with Gasteiger partial charge >= 0.3 is 0 Å². The van der Waals surface area contributed by atoms with Gasteiger partial charge in [0.15, 0.2) is 0 Å². The number of nitrogens with one attached hydrogen (secondary N) is 1. The van der Waals surface area contributed by atoms with Gasteiger partial charge in [-0.2, -0.15) is 5.10 Å². The third-order valence-corrected chi connectivity index (χ3v) is 4.61. The molecule has 24 heavy (non-hydrogen) atoms. The molecular weight excluding hydrogens is 302 g/mol. The Kier molecular flexibility index (Phi) is 5.60. The van der Waals surface area contributed by atoms with Gasteiger partial charge in [0.05, 0.1) is 11.4 Å². The molecule has 0 radical (unpaired) electrons. The Morgan fingerprint density at radius 3 is 2.79 bits per heavy atom. The van der Waals surface area contributed by atoms with Crippen LogP contribution in [0.4, 0.5) is 0 Å². The topological polar surface area (TPSA) is 68.3 Å². The van der Waals surface area contributed by atoms with Crippen LogP contribution in [0.15, 0.2) is 24.3 Å². The first-order chi connectivity index (χ1) is 11.6. The fourth-order valence-electron chi connectivity index (χ4n) is 3.41. The zero-order valence-corrected chi connectivity index (χ0v) is 14.6. The number of nitrogens with zero attached hydrogens (tertiary/aromatic N) is 4. The minimum absolute atomic E-state index is 0.220. The average Bonchev–Trinajstić information content (AvgIpc) is 2.95. The van der Waals surface area contributed by atoms with Crippen LogP contribution in [0.2, 0.25) is 0 Å². The zero-order chi connectivity index (χ0) is 16.9. The molecule has 3 rings (SSSR count). The number of aryl methyl sites for hydroxylation is 2. The van der Waals surface area contributed by atoms with Crippen LogP contribution in [-0.2, 0) is 13.1 Å². The maximum absolute atomic E-state index is 9.45. The van der Waals surface area contributed by atoms with Crippen molar-refractivity contribution in [3.05, 3.63) is 47.0 Å². The molecule has 2 aromatic heterocycles. The van der Waals surface area contributed by atoms with E-state index in [0.29, 0.717) is 6.04 Å². The van der Waals surface area contributed by atoms with Crippen LogP contribution in [-0.4, -0.2) is 62.4 Å². The fraction of sp³-hybridized carbons (Fsp3) is 0.556. The molecule has 0 saturated carbocycles. The smallest absolute Gasteiger partial charge is 0.0765 e. The van der Waals surface area contributed by atoms with Crippen molar-refractivity contribution in [2.45, 2.75) is 39.4 Å². The van der Waals surface area contributed by atoms with Crippen LogP contribution in [0.25, 0.3) is 0 Å². The van der Waals surface area contributed by atoms with E-state index in [4.69, 9.17) is 0 Å². The van der Waals surface area contributed by atoms with E-state index in [1.807, 2.05) is 19.9 Å². The molecule has 1 aliphatic rings. The van der Waals surface area contributed by atoms with Gasteiger partial charge < -0.3 is 5.11 Å². The monoisotopic (exact) mass is 329 g/mol. The van der Waals surface area contributed by atoms with E-state index in [-0.39, 0.29) is 6.61 Å². The molecule has 0 amide bonds. The number of aliphatic hydroxyl groups excluding tert-OH is 1. The highest BCUT2D eigenvalue weighted by Crippen LogP contribution is 2.17. The minimum Gasteiger partial charge on any atom is -0.396 e. The van der Waals surface area contributed by atoms with Gasteiger partial charge in [-0.3, -0.25) is 19.9 Å². The van der Waals surface area contributed by atoms with E-state index in [2.05, 4.69) is 43.2 Å². The molecule has 6 heteroatoms. The van der Waals surface area contributed by atoms with Crippen molar-refractivity contribution >= 4 is 0 Å².